The first-order valence-electron chi connectivity index (χ1n) is 7.99. The normalized spacial score (nSPS) is 13.3. The molecule has 0 aliphatic carbocycles. The first kappa shape index (κ1) is 16.9. The van der Waals surface area contributed by atoms with Crippen LogP contribution in [-0.4, -0.2) is 32.5 Å². The highest BCUT2D eigenvalue weighted by Crippen LogP contribution is 2.30. The molecule has 0 atom stereocenters. The van der Waals surface area contributed by atoms with Gasteiger partial charge in [0.25, 0.3) is 5.91 Å². The van der Waals surface area contributed by atoms with Crippen LogP contribution in [-0.2, 0) is 17.8 Å². The van der Waals surface area contributed by atoms with Crippen molar-refractivity contribution in [2.24, 2.45) is 0 Å². The molecule has 0 saturated carbocycles. The topological polar surface area (TPSA) is 84.4 Å². The minimum atomic E-state index is -0.547. The van der Waals surface area contributed by atoms with E-state index in [1.54, 1.807) is 4.90 Å². The zero-order valence-electron chi connectivity index (χ0n) is 14.4. The number of amides is 2. The first-order chi connectivity index (χ1) is 11.8. The molecule has 1 aliphatic heterocycles. The Morgan fingerprint density at radius 2 is 2.00 bits per heavy atom. The van der Waals surface area contributed by atoms with Crippen LogP contribution in [0.1, 0.15) is 42.4 Å². The second-order valence-corrected chi connectivity index (χ2v) is 6.82. The lowest BCUT2D eigenvalue weighted by molar-refractivity contribution is 0.0242. The lowest BCUT2D eigenvalue weighted by Gasteiger charge is -2.24. The van der Waals surface area contributed by atoms with Crippen molar-refractivity contribution in [3.05, 3.63) is 53.6 Å². The predicted octanol–water partition coefficient (Wildman–Crippen LogP) is 2.98. The molecule has 0 radical (unpaired) electrons. The van der Waals surface area contributed by atoms with E-state index >= 15 is 0 Å². The molecular weight excluding hydrogens is 320 g/mol. The van der Waals surface area contributed by atoms with Crippen molar-refractivity contribution in [1.82, 2.24) is 14.9 Å². The Bertz CT molecular complexity index is 800. The number of rotatable bonds is 2. The van der Waals surface area contributed by atoms with Gasteiger partial charge in [-0.05, 0) is 32.4 Å². The third-order valence-corrected chi connectivity index (χ3v) is 3.68. The first-order valence-corrected chi connectivity index (χ1v) is 7.99. The van der Waals surface area contributed by atoms with E-state index in [2.05, 4.69) is 15.3 Å². The quantitative estimate of drug-likeness (QED) is 0.908. The smallest absolute Gasteiger partial charge is 0.410 e. The van der Waals surface area contributed by atoms with Crippen molar-refractivity contribution in [1.29, 1.82) is 0 Å². The van der Waals surface area contributed by atoms with E-state index in [1.165, 1.54) is 18.6 Å². The summed E-state index contributed by atoms with van der Waals surface area (Å²) >= 11 is 0. The summed E-state index contributed by atoms with van der Waals surface area (Å²) < 4.78 is 5.42. The number of nitrogens with zero attached hydrogens (tertiary/aromatic N) is 3. The van der Waals surface area contributed by atoms with Crippen LogP contribution in [0.2, 0.25) is 0 Å². The van der Waals surface area contributed by atoms with Crippen LogP contribution in [0.25, 0.3) is 0 Å². The van der Waals surface area contributed by atoms with Gasteiger partial charge in [-0.3, -0.25) is 14.7 Å². The van der Waals surface area contributed by atoms with Gasteiger partial charge in [-0.15, -0.1) is 0 Å². The van der Waals surface area contributed by atoms with Crippen molar-refractivity contribution < 1.29 is 14.3 Å². The van der Waals surface area contributed by atoms with Gasteiger partial charge >= 0.3 is 6.09 Å². The Kier molecular flexibility index (Phi) is 4.39. The Morgan fingerprint density at radius 1 is 1.20 bits per heavy atom. The number of carbonyl (C=O) groups is 2. The van der Waals surface area contributed by atoms with Crippen molar-refractivity contribution >= 4 is 17.7 Å². The number of benzene rings is 1. The van der Waals surface area contributed by atoms with E-state index in [9.17, 15) is 9.59 Å². The van der Waals surface area contributed by atoms with Gasteiger partial charge in [0.05, 0.1) is 12.7 Å². The second kappa shape index (κ2) is 6.51. The molecular formula is C18H20N4O3. The van der Waals surface area contributed by atoms with Crippen molar-refractivity contribution in [2.75, 3.05) is 5.32 Å². The minimum absolute atomic E-state index is 0.238. The SMILES string of the molecule is CC(C)(C)OC(=O)N1Cc2cccc(NC(=O)c3cnccn3)c2C1. The fourth-order valence-corrected chi connectivity index (χ4v) is 2.60. The standard InChI is InChI=1S/C18H20N4O3/c1-18(2,3)25-17(24)22-10-12-5-4-6-14(13(12)11-22)21-16(23)15-9-19-7-8-20-15/h4-9H,10-11H2,1-3H3,(H,21,23). The average Bonchev–Trinajstić information content (AvgIpc) is 2.99. The highest BCUT2D eigenvalue weighted by molar-refractivity contribution is 6.03. The van der Waals surface area contributed by atoms with Gasteiger partial charge in [0.2, 0.25) is 0 Å². The highest BCUT2D eigenvalue weighted by atomic mass is 16.6. The molecule has 2 aromatic rings. The third-order valence-electron chi connectivity index (χ3n) is 3.68. The molecule has 2 heterocycles. The molecule has 0 unspecified atom stereocenters. The molecule has 1 N–H and O–H groups in total. The van der Waals surface area contributed by atoms with Crippen molar-refractivity contribution in [2.45, 2.75) is 39.5 Å². The summed E-state index contributed by atoms with van der Waals surface area (Å²) in [4.78, 5) is 34.1. The summed E-state index contributed by atoms with van der Waals surface area (Å²) in [6.07, 6.45) is 4.02. The maximum absolute atomic E-state index is 12.3. The van der Waals surface area contributed by atoms with Gasteiger partial charge in [0.15, 0.2) is 0 Å². The van der Waals surface area contributed by atoms with E-state index in [0.717, 1.165) is 11.1 Å². The van der Waals surface area contributed by atoms with Crippen molar-refractivity contribution in [3.8, 4) is 0 Å². The van der Waals surface area contributed by atoms with Gasteiger partial charge in [-0.2, -0.15) is 0 Å². The molecule has 0 fully saturated rings. The number of hydrogen-bond donors (Lipinski definition) is 1. The summed E-state index contributed by atoms with van der Waals surface area (Å²) in [6.45, 7) is 6.35. The number of anilines is 1. The fraction of sp³-hybridized carbons (Fsp3) is 0.333. The summed E-state index contributed by atoms with van der Waals surface area (Å²) in [6, 6.07) is 5.60. The highest BCUT2D eigenvalue weighted by Gasteiger charge is 2.29. The van der Waals surface area contributed by atoms with E-state index in [1.807, 2.05) is 39.0 Å². The molecule has 1 aromatic heterocycles. The molecule has 130 valence electrons. The Balaban J connectivity index is 1.76. The Morgan fingerprint density at radius 3 is 2.68 bits per heavy atom. The molecule has 1 aromatic carbocycles. The van der Waals surface area contributed by atoms with E-state index in [0.29, 0.717) is 18.8 Å². The number of carbonyl (C=O) groups excluding carboxylic acids is 2. The molecule has 7 heteroatoms. The number of aromatic nitrogens is 2. The van der Waals surface area contributed by atoms with Gasteiger partial charge in [-0.25, -0.2) is 9.78 Å². The van der Waals surface area contributed by atoms with Crippen molar-refractivity contribution in [3.63, 3.8) is 0 Å². The summed E-state index contributed by atoms with van der Waals surface area (Å²) in [5, 5.41) is 2.85. The third kappa shape index (κ3) is 3.93. The summed E-state index contributed by atoms with van der Waals surface area (Å²) in [7, 11) is 0. The van der Waals surface area contributed by atoms with Crippen LogP contribution in [0.4, 0.5) is 10.5 Å². The van der Waals surface area contributed by atoms with Crippen LogP contribution in [0.5, 0.6) is 0 Å². The molecule has 3 rings (SSSR count). The van der Waals surface area contributed by atoms with Gasteiger partial charge in [-0.1, -0.05) is 12.1 Å². The lowest BCUT2D eigenvalue weighted by Crippen LogP contribution is -2.33. The van der Waals surface area contributed by atoms with Gasteiger partial charge < -0.3 is 10.1 Å². The molecule has 0 spiro atoms. The summed E-state index contributed by atoms with van der Waals surface area (Å²) in [5.74, 6) is -0.336. The average molecular weight is 340 g/mol. The number of ether oxygens (including phenoxy) is 1. The molecule has 7 nitrogen and oxygen atoms in total. The zero-order chi connectivity index (χ0) is 18.0. The minimum Gasteiger partial charge on any atom is -0.444 e. The maximum atomic E-state index is 12.3. The van der Waals surface area contributed by atoms with Crippen LogP contribution in [0.3, 0.4) is 0 Å². The van der Waals surface area contributed by atoms with Crippen LogP contribution in [0, 0.1) is 0 Å². The van der Waals surface area contributed by atoms with E-state index < -0.39 is 5.60 Å². The fourth-order valence-electron chi connectivity index (χ4n) is 2.60. The second-order valence-electron chi connectivity index (χ2n) is 6.82. The predicted molar refractivity (Wildman–Crippen MR) is 91.9 cm³/mol. The van der Waals surface area contributed by atoms with E-state index in [4.69, 9.17) is 4.74 Å². The van der Waals surface area contributed by atoms with Crippen LogP contribution < -0.4 is 5.32 Å². The number of hydrogen-bond acceptors (Lipinski definition) is 5. The molecule has 0 bridgehead atoms. The Hall–Kier alpha value is -2.96. The monoisotopic (exact) mass is 340 g/mol. The lowest BCUT2D eigenvalue weighted by atomic mass is 10.1. The molecule has 25 heavy (non-hydrogen) atoms. The van der Waals surface area contributed by atoms with Gasteiger partial charge in [0, 0.05) is 30.2 Å². The van der Waals surface area contributed by atoms with Crippen LogP contribution >= 0.6 is 0 Å². The van der Waals surface area contributed by atoms with E-state index in [-0.39, 0.29) is 17.7 Å². The molecule has 1 aliphatic rings. The maximum Gasteiger partial charge on any atom is 0.410 e. The molecule has 2 amide bonds. The van der Waals surface area contributed by atoms with Crippen LogP contribution in [0.15, 0.2) is 36.8 Å². The number of fused-ring (bicyclic) bond motifs is 1. The Labute approximate surface area is 146 Å². The largest absolute Gasteiger partial charge is 0.444 e. The zero-order valence-corrected chi connectivity index (χ0v) is 14.4. The summed E-state index contributed by atoms with van der Waals surface area (Å²) in [5.41, 5.74) is 2.25. The molecule has 0 saturated heterocycles. The van der Waals surface area contributed by atoms with Gasteiger partial charge in [0.1, 0.15) is 11.3 Å². The number of nitrogens with one attached hydrogen (secondary N) is 1.